The first-order chi connectivity index (χ1) is 14.4. The molecule has 5 rings (SSSR count). The summed E-state index contributed by atoms with van der Waals surface area (Å²) in [6.07, 6.45) is 0.849. The summed E-state index contributed by atoms with van der Waals surface area (Å²) in [4.78, 5) is 8.15. The maximum atomic E-state index is 12.7. The van der Waals surface area contributed by atoms with Crippen molar-refractivity contribution in [2.45, 2.75) is 30.0 Å². The molecule has 0 atom stereocenters. The van der Waals surface area contributed by atoms with E-state index in [9.17, 15) is 18.2 Å². The predicted octanol–water partition coefficient (Wildman–Crippen LogP) is 4.45. The Labute approximate surface area is 175 Å². The van der Waals surface area contributed by atoms with Gasteiger partial charge in [-0.1, -0.05) is 0 Å². The Bertz CT molecular complexity index is 1110. The van der Waals surface area contributed by atoms with Crippen LogP contribution in [0.3, 0.4) is 0 Å². The van der Waals surface area contributed by atoms with Crippen LogP contribution in [0.1, 0.15) is 24.0 Å². The molecular weight excluding hydrogens is 414 g/mol. The number of rotatable bonds is 4. The molecular formula is C20H17BF3N3O2S. The monoisotopic (exact) mass is 431 g/mol. The van der Waals surface area contributed by atoms with Crippen LogP contribution in [0.25, 0.3) is 16.6 Å². The van der Waals surface area contributed by atoms with Crippen molar-refractivity contribution in [3.63, 3.8) is 0 Å². The molecule has 1 aromatic carbocycles. The summed E-state index contributed by atoms with van der Waals surface area (Å²) >= 11 is 1.34. The van der Waals surface area contributed by atoms with Gasteiger partial charge in [-0.05, 0) is 72.6 Å². The molecule has 0 bridgehead atoms. The normalized spacial score (nSPS) is 21.1. The Morgan fingerprint density at radius 2 is 1.97 bits per heavy atom. The fourth-order valence-electron chi connectivity index (χ4n) is 3.95. The minimum absolute atomic E-state index is 0.232. The number of H-pyrrole nitrogens is 1. The van der Waals surface area contributed by atoms with Gasteiger partial charge in [-0.15, -0.1) is 0 Å². The zero-order valence-corrected chi connectivity index (χ0v) is 16.4. The topological polar surface area (TPSA) is 70.2 Å². The Balaban J connectivity index is 1.25. The van der Waals surface area contributed by atoms with E-state index in [1.54, 1.807) is 12.2 Å². The lowest BCUT2D eigenvalue weighted by Crippen LogP contribution is -2.39. The van der Waals surface area contributed by atoms with Gasteiger partial charge in [0.2, 0.25) is 0 Å². The molecule has 0 spiro atoms. The van der Waals surface area contributed by atoms with Gasteiger partial charge in [0.1, 0.15) is 11.4 Å². The molecule has 1 fully saturated rings. The molecule has 5 nitrogen and oxygen atoms in total. The van der Waals surface area contributed by atoms with Crippen LogP contribution in [-0.4, -0.2) is 28.2 Å². The van der Waals surface area contributed by atoms with E-state index in [1.807, 2.05) is 12.3 Å². The molecule has 3 heterocycles. The molecule has 0 unspecified atom stereocenters. The smallest absolute Gasteiger partial charge is 0.531 e. The molecule has 0 radical (unpaired) electrons. The summed E-state index contributed by atoms with van der Waals surface area (Å²) < 4.78 is 46.9. The fourth-order valence-corrected chi connectivity index (χ4v) is 4.72. The molecule has 3 aromatic rings. The third-order valence-corrected chi connectivity index (χ3v) is 6.47. The summed E-state index contributed by atoms with van der Waals surface area (Å²) in [7, 11) is -1.00. The molecule has 30 heavy (non-hydrogen) atoms. The lowest BCUT2D eigenvalue weighted by Gasteiger charge is -2.39. The maximum absolute atomic E-state index is 12.7. The minimum atomic E-state index is -4.32. The van der Waals surface area contributed by atoms with Crippen molar-refractivity contribution in [2.75, 3.05) is 0 Å². The number of benzene rings is 1. The Morgan fingerprint density at radius 3 is 2.70 bits per heavy atom. The summed E-state index contributed by atoms with van der Waals surface area (Å²) in [5.74, 6) is 2.58. The largest absolute Gasteiger partial charge is 0.552 e. The Hall–Kier alpha value is -2.43. The van der Waals surface area contributed by atoms with Gasteiger partial charge in [0.05, 0.1) is 11.8 Å². The number of halogens is 3. The number of pyridine rings is 1. The highest BCUT2D eigenvalue weighted by Crippen LogP contribution is 2.46. The van der Waals surface area contributed by atoms with E-state index in [4.69, 9.17) is 4.65 Å². The number of hydrogen-bond acceptors (Lipinski definition) is 5. The average molecular weight is 431 g/mol. The van der Waals surface area contributed by atoms with Crippen LogP contribution in [0.15, 0.2) is 53.6 Å². The second-order valence-corrected chi connectivity index (χ2v) is 8.39. The van der Waals surface area contributed by atoms with Crippen molar-refractivity contribution in [2.24, 2.45) is 5.92 Å². The van der Waals surface area contributed by atoms with Gasteiger partial charge in [0, 0.05) is 28.1 Å². The summed E-state index contributed by atoms with van der Waals surface area (Å²) in [5, 5.41) is 11.0. The maximum Gasteiger partial charge on any atom is 0.552 e. The molecule has 0 saturated heterocycles. The predicted molar refractivity (Wildman–Crippen MR) is 110 cm³/mol. The number of fused-ring (bicyclic) bond motifs is 3. The van der Waals surface area contributed by atoms with E-state index in [2.05, 4.69) is 14.7 Å². The van der Waals surface area contributed by atoms with Crippen LogP contribution in [0.2, 0.25) is 0 Å². The molecule has 154 valence electrons. The molecule has 1 aliphatic carbocycles. The van der Waals surface area contributed by atoms with E-state index in [0.29, 0.717) is 5.75 Å². The van der Waals surface area contributed by atoms with E-state index >= 15 is 0 Å². The minimum Gasteiger partial charge on any atom is -0.531 e. The number of hydrogen-bond donors (Lipinski definition) is 3. The number of aromatic amines is 1. The van der Waals surface area contributed by atoms with E-state index in [-0.39, 0.29) is 12.0 Å². The highest BCUT2D eigenvalue weighted by atomic mass is 32.2. The lowest BCUT2D eigenvalue weighted by atomic mass is 9.68. The zero-order chi connectivity index (χ0) is 20.9. The molecule has 3 N–H and O–H groups in total. The molecule has 1 saturated carbocycles. The van der Waals surface area contributed by atoms with E-state index in [0.717, 1.165) is 52.0 Å². The van der Waals surface area contributed by atoms with Crippen molar-refractivity contribution in [3.05, 3.63) is 59.8 Å². The first kappa shape index (κ1) is 19.5. The van der Waals surface area contributed by atoms with Crippen molar-refractivity contribution < 1.29 is 22.8 Å². The molecule has 1 aliphatic heterocycles. The number of alkyl halides is 3. The number of allylic oxidation sites excluding steroid dienone is 1. The summed E-state index contributed by atoms with van der Waals surface area (Å²) in [6.45, 7) is 0. The van der Waals surface area contributed by atoms with Crippen molar-refractivity contribution in [1.82, 2.24) is 14.7 Å². The fraction of sp³-hybridized carbons (Fsp3) is 0.250. The zero-order valence-electron chi connectivity index (χ0n) is 15.6. The Kier molecular flexibility index (Phi) is 4.80. The quantitative estimate of drug-likeness (QED) is 0.421. The third-order valence-electron chi connectivity index (χ3n) is 5.51. The summed E-state index contributed by atoms with van der Waals surface area (Å²) in [6, 6.07) is 7.31. The van der Waals surface area contributed by atoms with Gasteiger partial charge >= 0.3 is 13.3 Å². The second kappa shape index (κ2) is 7.37. The van der Waals surface area contributed by atoms with Crippen molar-refractivity contribution >= 4 is 35.7 Å². The van der Waals surface area contributed by atoms with Crippen LogP contribution in [-0.2, 0) is 6.18 Å². The SMILES string of the molecule is OB1C=C(C2CC(NSc3ccc(C(F)(F)F)cc3)C2)c2c(cnc3[nH]ccc23)O1. The van der Waals surface area contributed by atoms with Crippen LogP contribution >= 0.6 is 11.9 Å². The van der Waals surface area contributed by atoms with Crippen LogP contribution in [0.4, 0.5) is 13.2 Å². The van der Waals surface area contributed by atoms with Gasteiger partial charge in [0.15, 0.2) is 0 Å². The molecule has 10 heteroatoms. The van der Waals surface area contributed by atoms with Crippen molar-refractivity contribution in [3.8, 4) is 5.75 Å². The van der Waals surface area contributed by atoms with Crippen LogP contribution in [0, 0.1) is 5.92 Å². The van der Waals surface area contributed by atoms with Crippen LogP contribution in [0.5, 0.6) is 5.75 Å². The highest BCUT2D eigenvalue weighted by molar-refractivity contribution is 7.97. The number of nitrogens with one attached hydrogen (secondary N) is 2. The van der Waals surface area contributed by atoms with Crippen LogP contribution < -0.4 is 9.38 Å². The van der Waals surface area contributed by atoms with Gasteiger partial charge in [-0.25, -0.2) is 4.98 Å². The molecule has 0 amide bonds. The second-order valence-electron chi connectivity index (χ2n) is 7.48. The third kappa shape index (κ3) is 3.59. The first-order valence-electron chi connectivity index (χ1n) is 9.51. The Morgan fingerprint density at radius 1 is 1.20 bits per heavy atom. The first-order valence-corrected chi connectivity index (χ1v) is 10.3. The van der Waals surface area contributed by atoms with Gasteiger partial charge < -0.3 is 14.7 Å². The van der Waals surface area contributed by atoms with Gasteiger partial charge in [-0.3, -0.25) is 4.72 Å². The lowest BCUT2D eigenvalue weighted by molar-refractivity contribution is -0.137. The number of aromatic nitrogens is 2. The van der Waals surface area contributed by atoms with E-state index < -0.39 is 18.9 Å². The summed E-state index contributed by atoms with van der Waals surface area (Å²) in [5.41, 5.74) is 2.13. The molecule has 2 aromatic heterocycles. The van der Waals surface area contributed by atoms with Gasteiger partial charge in [-0.2, -0.15) is 13.2 Å². The van der Waals surface area contributed by atoms with E-state index in [1.165, 1.54) is 24.1 Å². The molecule has 2 aliphatic rings. The average Bonchev–Trinajstić information content (AvgIpc) is 3.14. The highest BCUT2D eigenvalue weighted by Gasteiger charge is 2.37. The van der Waals surface area contributed by atoms with Crippen molar-refractivity contribution in [1.29, 1.82) is 0 Å². The van der Waals surface area contributed by atoms with Gasteiger partial charge in [0.25, 0.3) is 0 Å². The standard InChI is InChI=1S/C20H17BF3N3O2S/c22-20(23,24)12-1-3-14(4-2-12)30-27-13-7-11(8-13)16-9-21(28)29-17-10-26-19-15(18(16)17)5-6-25-19/h1-6,9-11,13,27-28H,7-8H2,(H,25,26). The number of nitrogens with zero attached hydrogens (tertiary/aromatic N) is 1.